The second kappa shape index (κ2) is 7.32. The Balaban J connectivity index is 1.36. The summed E-state index contributed by atoms with van der Waals surface area (Å²) in [7, 11) is 0. The molecule has 0 unspecified atom stereocenters. The summed E-state index contributed by atoms with van der Waals surface area (Å²) in [6, 6.07) is 4.21. The van der Waals surface area contributed by atoms with E-state index in [2.05, 4.69) is 39.9 Å². The molecule has 5 rings (SSSR count). The zero-order chi connectivity index (χ0) is 20.8. The fourth-order valence-electron chi connectivity index (χ4n) is 3.98. The van der Waals surface area contributed by atoms with E-state index in [1.807, 2.05) is 28.0 Å². The number of pyridine rings is 1. The third-order valence-corrected chi connectivity index (χ3v) is 6.41. The number of aromatic nitrogens is 5. The van der Waals surface area contributed by atoms with Crippen LogP contribution in [0.1, 0.15) is 35.9 Å². The minimum atomic E-state index is 0.0298. The molecule has 0 spiro atoms. The number of rotatable bonds is 3. The molecule has 0 bridgehead atoms. The minimum absolute atomic E-state index is 0.0298. The first-order valence-corrected chi connectivity index (χ1v) is 11.0. The number of carbonyl (C=O) groups excluding carboxylic acids is 1. The first kappa shape index (κ1) is 18.9. The van der Waals surface area contributed by atoms with Gasteiger partial charge in [-0.3, -0.25) is 4.79 Å². The van der Waals surface area contributed by atoms with Gasteiger partial charge in [0, 0.05) is 37.6 Å². The molecule has 4 aromatic rings. The lowest BCUT2D eigenvalue weighted by atomic mass is 10.1. The number of nitrogens with zero attached hydrogens (tertiary/aromatic N) is 7. The number of anilines is 1. The maximum absolute atomic E-state index is 13.2. The van der Waals surface area contributed by atoms with Gasteiger partial charge in [-0.15, -0.1) is 11.3 Å². The largest absolute Gasteiger partial charge is 0.352 e. The highest BCUT2D eigenvalue weighted by Crippen LogP contribution is 2.28. The van der Waals surface area contributed by atoms with Gasteiger partial charge in [0.25, 0.3) is 5.91 Å². The second-order valence-corrected chi connectivity index (χ2v) is 8.73. The van der Waals surface area contributed by atoms with Gasteiger partial charge in [-0.25, -0.2) is 19.6 Å². The molecule has 8 nitrogen and oxygen atoms in total. The molecule has 1 saturated heterocycles. The molecular formula is C21H23N7OS. The van der Waals surface area contributed by atoms with Gasteiger partial charge in [-0.05, 0) is 38.3 Å². The summed E-state index contributed by atoms with van der Waals surface area (Å²) in [6.07, 6.45) is 3.41. The number of hydrogen-bond acceptors (Lipinski definition) is 7. The summed E-state index contributed by atoms with van der Waals surface area (Å²) in [6.45, 7) is 8.83. The van der Waals surface area contributed by atoms with Crippen molar-refractivity contribution in [2.75, 3.05) is 31.1 Å². The molecule has 0 radical (unpaired) electrons. The lowest BCUT2D eigenvalue weighted by Crippen LogP contribution is -2.49. The van der Waals surface area contributed by atoms with Crippen LogP contribution in [0.4, 0.5) is 5.82 Å². The number of piperazine rings is 1. The van der Waals surface area contributed by atoms with E-state index in [1.54, 1.807) is 23.9 Å². The lowest BCUT2D eigenvalue weighted by Gasteiger charge is -2.35. The van der Waals surface area contributed by atoms with E-state index in [4.69, 9.17) is 4.98 Å². The summed E-state index contributed by atoms with van der Waals surface area (Å²) < 4.78 is 1.89. The fourth-order valence-corrected chi connectivity index (χ4v) is 4.71. The van der Waals surface area contributed by atoms with E-state index in [0.29, 0.717) is 18.7 Å². The Hall–Kier alpha value is -3.07. The molecule has 0 atom stereocenters. The first-order chi connectivity index (χ1) is 14.5. The van der Waals surface area contributed by atoms with Crippen LogP contribution in [-0.4, -0.2) is 61.7 Å². The van der Waals surface area contributed by atoms with Crippen molar-refractivity contribution in [1.82, 2.24) is 29.6 Å². The molecule has 154 valence electrons. The number of fused-ring (bicyclic) bond motifs is 2. The Kier molecular flexibility index (Phi) is 4.62. The van der Waals surface area contributed by atoms with Crippen molar-refractivity contribution < 1.29 is 4.79 Å². The molecular weight excluding hydrogens is 398 g/mol. The maximum atomic E-state index is 13.2. The average Bonchev–Trinajstić information content (AvgIpc) is 3.39. The summed E-state index contributed by atoms with van der Waals surface area (Å²) in [5.41, 5.74) is 2.22. The predicted octanol–water partition coefficient (Wildman–Crippen LogP) is 3.29. The number of aryl methyl sites for hydroxylation is 1. The first-order valence-electron chi connectivity index (χ1n) is 10.1. The Morgan fingerprint density at radius 2 is 1.97 bits per heavy atom. The third kappa shape index (κ3) is 3.09. The molecule has 30 heavy (non-hydrogen) atoms. The number of amides is 1. The molecule has 1 aliphatic heterocycles. The monoisotopic (exact) mass is 421 g/mol. The molecule has 4 aromatic heterocycles. The van der Waals surface area contributed by atoms with Gasteiger partial charge >= 0.3 is 0 Å². The molecule has 0 N–H and O–H groups in total. The van der Waals surface area contributed by atoms with E-state index < -0.39 is 0 Å². The summed E-state index contributed by atoms with van der Waals surface area (Å²) in [4.78, 5) is 31.9. The van der Waals surface area contributed by atoms with Crippen LogP contribution in [0.25, 0.3) is 21.3 Å². The van der Waals surface area contributed by atoms with Crippen molar-refractivity contribution in [3.63, 3.8) is 0 Å². The quantitative estimate of drug-likeness (QED) is 0.505. The van der Waals surface area contributed by atoms with Crippen molar-refractivity contribution in [3.8, 4) is 0 Å². The Bertz CT molecular complexity index is 1240. The Morgan fingerprint density at radius 1 is 1.17 bits per heavy atom. The highest BCUT2D eigenvalue weighted by atomic mass is 32.1. The van der Waals surface area contributed by atoms with Crippen LogP contribution in [0.2, 0.25) is 0 Å². The van der Waals surface area contributed by atoms with Crippen molar-refractivity contribution in [3.05, 3.63) is 41.3 Å². The molecule has 0 aliphatic carbocycles. The van der Waals surface area contributed by atoms with Gasteiger partial charge in [-0.2, -0.15) is 5.10 Å². The zero-order valence-corrected chi connectivity index (χ0v) is 18.1. The van der Waals surface area contributed by atoms with E-state index in [-0.39, 0.29) is 11.9 Å². The van der Waals surface area contributed by atoms with Gasteiger partial charge in [0.05, 0.1) is 22.8 Å². The van der Waals surface area contributed by atoms with Crippen LogP contribution in [0.5, 0.6) is 0 Å². The van der Waals surface area contributed by atoms with Crippen molar-refractivity contribution >= 4 is 44.3 Å². The molecule has 5 heterocycles. The van der Waals surface area contributed by atoms with Crippen molar-refractivity contribution in [1.29, 1.82) is 0 Å². The smallest absolute Gasteiger partial charge is 0.255 e. The van der Waals surface area contributed by atoms with Crippen LogP contribution in [0, 0.1) is 6.92 Å². The molecule has 0 aromatic carbocycles. The molecule has 0 saturated carbocycles. The summed E-state index contributed by atoms with van der Waals surface area (Å²) in [5.74, 6) is 0.982. The number of thiophene rings is 1. The molecule has 1 fully saturated rings. The third-order valence-electron chi connectivity index (χ3n) is 5.59. The van der Waals surface area contributed by atoms with E-state index in [1.165, 1.54) is 0 Å². The van der Waals surface area contributed by atoms with Crippen LogP contribution in [0.15, 0.2) is 30.0 Å². The number of carbonyl (C=O) groups is 1. The predicted molar refractivity (Wildman–Crippen MR) is 118 cm³/mol. The molecule has 1 amide bonds. The van der Waals surface area contributed by atoms with E-state index in [9.17, 15) is 4.79 Å². The summed E-state index contributed by atoms with van der Waals surface area (Å²) >= 11 is 1.62. The van der Waals surface area contributed by atoms with Gasteiger partial charge in [0.1, 0.15) is 17.0 Å². The van der Waals surface area contributed by atoms with Crippen LogP contribution < -0.4 is 4.90 Å². The number of hydrogen-bond donors (Lipinski definition) is 0. The maximum Gasteiger partial charge on any atom is 0.255 e. The van der Waals surface area contributed by atoms with Crippen LogP contribution >= 0.6 is 11.3 Å². The van der Waals surface area contributed by atoms with Crippen molar-refractivity contribution in [2.24, 2.45) is 0 Å². The van der Waals surface area contributed by atoms with Crippen LogP contribution in [-0.2, 0) is 0 Å². The van der Waals surface area contributed by atoms with Crippen LogP contribution in [0.3, 0.4) is 0 Å². The van der Waals surface area contributed by atoms with Gasteiger partial charge in [0.15, 0.2) is 5.65 Å². The van der Waals surface area contributed by atoms with Gasteiger partial charge < -0.3 is 9.80 Å². The highest BCUT2D eigenvalue weighted by Gasteiger charge is 2.26. The fraction of sp³-hybridized carbons (Fsp3) is 0.381. The van der Waals surface area contributed by atoms with Crippen molar-refractivity contribution in [2.45, 2.75) is 26.8 Å². The SMILES string of the molecule is Cc1nc2c(cnn2C(C)C)cc1C(=O)N1CCN(c2ncnc3sccc23)CC1. The van der Waals surface area contributed by atoms with E-state index in [0.717, 1.165) is 45.9 Å². The summed E-state index contributed by atoms with van der Waals surface area (Å²) in [5, 5.41) is 8.44. The minimum Gasteiger partial charge on any atom is -0.352 e. The zero-order valence-electron chi connectivity index (χ0n) is 17.2. The van der Waals surface area contributed by atoms with Gasteiger partial charge in [0.2, 0.25) is 0 Å². The lowest BCUT2D eigenvalue weighted by molar-refractivity contribution is 0.0745. The van der Waals surface area contributed by atoms with Gasteiger partial charge in [-0.1, -0.05) is 0 Å². The molecule has 1 aliphatic rings. The molecule has 9 heteroatoms. The topological polar surface area (TPSA) is 80.0 Å². The standard InChI is InChI=1S/C21H23N7OS/c1-13(2)28-18-15(11-24-28)10-17(14(3)25-18)21(29)27-7-5-26(6-8-27)19-16-4-9-30-20(16)23-12-22-19/h4,9-13H,5-8H2,1-3H3. The Morgan fingerprint density at radius 3 is 2.73 bits per heavy atom. The average molecular weight is 422 g/mol. The second-order valence-electron chi connectivity index (χ2n) is 7.83. The Labute approximate surface area is 178 Å². The normalized spacial score (nSPS) is 14.9. The highest BCUT2D eigenvalue weighted by molar-refractivity contribution is 7.16. The van der Waals surface area contributed by atoms with E-state index >= 15 is 0 Å².